The van der Waals surface area contributed by atoms with Gasteiger partial charge in [-0.2, -0.15) is 5.10 Å². The van der Waals surface area contributed by atoms with Crippen LogP contribution in [0.4, 0.5) is 10.6 Å². The number of likely N-dealkylation sites (N-methyl/N-ethyl adjacent to an activating group) is 1. The maximum atomic E-state index is 12.7. The van der Waals surface area contributed by atoms with Crippen molar-refractivity contribution in [3.05, 3.63) is 23.5 Å². The Morgan fingerprint density at radius 2 is 2.12 bits per heavy atom. The maximum Gasteiger partial charge on any atom is 0.407 e. The van der Waals surface area contributed by atoms with Crippen LogP contribution in [0.5, 0.6) is 0 Å². The number of H-pyrrole nitrogens is 1. The third-order valence-electron chi connectivity index (χ3n) is 6.93. The Morgan fingerprint density at radius 1 is 1.34 bits per heavy atom. The number of rotatable bonds is 10. The number of alkyl carbamates (subject to hydrolysis) is 1. The van der Waals surface area contributed by atoms with E-state index in [0.29, 0.717) is 24.5 Å². The number of nitrogens with zero attached hydrogens (tertiary/aromatic N) is 2. The maximum absolute atomic E-state index is 12.7. The van der Waals surface area contributed by atoms with Crippen molar-refractivity contribution in [1.82, 2.24) is 25.9 Å². The van der Waals surface area contributed by atoms with Gasteiger partial charge in [-0.3, -0.25) is 9.89 Å². The SMILES string of the molecule is CNN(C)/C(=C\CCOC)C(=O)Nc1cc([C@H]2CC[C@@H](OC(=O)NC34CC(C3)C4)C2)[nH]n1. The first-order chi connectivity index (χ1) is 15.4. The van der Waals surface area contributed by atoms with Gasteiger partial charge in [0, 0.05) is 51.0 Å². The number of aromatic amines is 1. The summed E-state index contributed by atoms with van der Waals surface area (Å²) in [6, 6.07) is 1.86. The Bertz CT molecular complexity index is 851. The van der Waals surface area contributed by atoms with E-state index in [9.17, 15) is 9.59 Å². The average molecular weight is 447 g/mol. The number of methoxy groups -OCH3 is 1. The average Bonchev–Trinajstić information content (AvgIpc) is 3.36. The van der Waals surface area contributed by atoms with Crippen LogP contribution in [0.3, 0.4) is 0 Å². The molecule has 4 aliphatic rings. The zero-order valence-electron chi connectivity index (χ0n) is 19.1. The lowest BCUT2D eigenvalue weighted by Gasteiger charge is -2.61. The van der Waals surface area contributed by atoms with Crippen LogP contribution in [-0.4, -0.2) is 66.7 Å². The molecule has 2 bridgehead atoms. The molecule has 176 valence electrons. The van der Waals surface area contributed by atoms with Crippen molar-refractivity contribution in [2.45, 2.75) is 62.5 Å². The van der Waals surface area contributed by atoms with Gasteiger partial charge in [0.15, 0.2) is 5.82 Å². The standard InChI is InChI=1S/C22H34N6O4/c1-23-28(2)18(5-4-8-31-3)20(29)24-19-10-17(26-27-19)15-6-7-16(9-15)32-21(30)25-22-11-14(12-22)13-22/h5,10,14-16,23H,4,6-9,11-13H2,1-3H3,(H,25,30)(H2,24,26,27,29)/b18-5-/t14?,15-,16+,22?/m0/s1. The van der Waals surface area contributed by atoms with E-state index in [4.69, 9.17) is 9.47 Å². The molecule has 0 aliphatic heterocycles. The molecule has 4 aliphatic carbocycles. The molecule has 4 N–H and O–H groups in total. The summed E-state index contributed by atoms with van der Waals surface area (Å²) >= 11 is 0. The van der Waals surface area contributed by atoms with E-state index >= 15 is 0 Å². The topological polar surface area (TPSA) is 121 Å². The Hall–Kier alpha value is -2.59. The molecular weight excluding hydrogens is 412 g/mol. The van der Waals surface area contributed by atoms with Gasteiger partial charge in [0.1, 0.15) is 11.8 Å². The molecule has 0 saturated heterocycles. The van der Waals surface area contributed by atoms with Gasteiger partial charge >= 0.3 is 6.09 Å². The van der Waals surface area contributed by atoms with Crippen LogP contribution in [0.2, 0.25) is 0 Å². The quantitative estimate of drug-likeness (QED) is 0.247. The van der Waals surface area contributed by atoms with Gasteiger partial charge in [0.25, 0.3) is 5.91 Å². The smallest absolute Gasteiger partial charge is 0.407 e. The van der Waals surface area contributed by atoms with Crippen molar-refractivity contribution in [3.8, 4) is 0 Å². The highest BCUT2D eigenvalue weighted by Crippen LogP contribution is 2.57. The summed E-state index contributed by atoms with van der Waals surface area (Å²) in [5, 5.41) is 14.8. The zero-order chi connectivity index (χ0) is 22.7. The summed E-state index contributed by atoms with van der Waals surface area (Å²) < 4.78 is 10.7. The molecule has 32 heavy (non-hydrogen) atoms. The molecule has 10 nitrogen and oxygen atoms in total. The van der Waals surface area contributed by atoms with Crippen molar-refractivity contribution in [1.29, 1.82) is 0 Å². The summed E-state index contributed by atoms with van der Waals surface area (Å²) in [7, 11) is 5.15. The van der Waals surface area contributed by atoms with Crippen molar-refractivity contribution in [2.24, 2.45) is 5.92 Å². The van der Waals surface area contributed by atoms with Crippen LogP contribution in [0.15, 0.2) is 17.8 Å². The van der Waals surface area contributed by atoms with Gasteiger partial charge in [-0.1, -0.05) is 6.08 Å². The van der Waals surface area contributed by atoms with Crippen LogP contribution in [-0.2, 0) is 14.3 Å². The molecule has 1 aromatic rings. The van der Waals surface area contributed by atoms with Crippen molar-refractivity contribution in [3.63, 3.8) is 0 Å². The van der Waals surface area contributed by atoms with Crippen LogP contribution in [0.25, 0.3) is 0 Å². The molecule has 2 amide bonds. The number of hydrazine groups is 1. The third kappa shape index (κ3) is 4.91. The second-order valence-electron chi connectivity index (χ2n) is 9.24. The lowest BCUT2D eigenvalue weighted by Crippen LogP contribution is -2.68. The molecule has 0 unspecified atom stereocenters. The molecule has 10 heteroatoms. The second kappa shape index (κ2) is 9.50. The number of nitrogens with one attached hydrogen (secondary N) is 4. The molecule has 4 fully saturated rings. The first-order valence-corrected chi connectivity index (χ1v) is 11.4. The number of aromatic nitrogens is 2. The molecule has 1 heterocycles. The molecule has 4 saturated carbocycles. The normalized spacial score (nSPS) is 28.5. The number of hydrogen-bond donors (Lipinski definition) is 4. The van der Waals surface area contributed by atoms with E-state index in [1.807, 2.05) is 12.1 Å². The predicted octanol–water partition coefficient (Wildman–Crippen LogP) is 2.25. The van der Waals surface area contributed by atoms with Gasteiger partial charge in [0.05, 0.1) is 0 Å². The highest BCUT2D eigenvalue weighted by atomic mass is 16.6. The molecule has 0 spiro atoms. The fourth-order valence-corrected chi connectivity index (χ4v) is 4.96. The minimum absolute atomic E-state index is 0.0362. The van der Waals surface area contributed by atoms with Gasteiger partial charge in [-0.15, -0.1) is 0 Å². The number of ether oxygens (including phenoxy) is 2. The Morgan fingerprint density at radius 3 is 2.78 bits per heavy atom. The number of hydrogen-bond acceptors (Lipinski definition) is 7. The second-order valence-corrected chi connectivity index (χ2v) is 9.24. The highest BCUT2D eigenvalue weighted by molar-refractivity contribution is 6.02. The molecule has 5 rings (SSSR count). The first kappa shape index (κ1) is 22.6. The van der Waals surface area contributed by atoms with Crippen LogP contribution in [0, 0.1) is 5.92 Å². The Kier molecular flexibility index (Phi) is 6.71. The fraction of sp³-hybridized carbons (Fsp3) is 0.682. The van der Waals surface area contributed by atoms with E-state index in [1.54, 1.807) is 26.2 Å². The van der Waals surface area contributed by atoms with Crippen molar-refractivity contribution < 1.29 is 19.1 Å². The highest BCUT2D eigenvalue weighted by Gasteiger charge is 2.57. The monoisotopic (exact) mass is 446 g/mol. The summed E-state index contributed by atoms with van der Waals surface area (Å²) in [6.45, 7) is 0.533. The summed E-state index contributed by atoms with van der Waals surface area (Å²) in [5.74, 6) is 1.25. The Labute approximate surface area is 188 Å². The summed E-state index contributed by atoms with van der Waals surface area (Å²) in [4.78, 5) is 25.0. The molecule has 1 aromatic heterocycles. The molecule has 2 atom stereocenters. The van der Waals surface area contributed by atoms with E-state index < -0.39 is 0 Å². The van der Waals surface area contributed by atoms with E-state index in [-0.39, 0.29) is 29.6 Å². The Balaban J connectivity index is 1.27. The summed E-state index contributed by atoms with van der Waals surface area (Å²) in [6.07, 6.45) is 7.86. The largest absolute Gasteiger partial charge is 0.446 e. The minimum atomic E-state index is -0.284. The van der Waals surface area contributed by atoms with Gasteiger partial charge in [-0.05, 0) is 50.9 Å². The first-order valence-electron chi connectivity index (χ1n) is 11.4. The van der Waals surface area contributed by atoms with E-state index in [2.05, 4.69) is 26.3 Å². The molecule has 0 radical (unpaired) electrons. The number of amides is 2. The third-order valence-corrected chi connectivity index (χ3v) is 6.93. The zero-order valence-corrected chi connectivity index (χ0v) is 19.1. The number of carbonyl (C=O) groups is 2. The molecule has 0 aromatic carbocycles. The van der Waals surface area contributed by atoms with Gasteiger partial charge < -0.3 is 25.1 Å². The minimum Gasteiger partial charge on any atom is -0.446 e. The molecular formula is C22H34N6O4. The van der Waals surface area contributed by atoms with Crippen molar-refractivity contribution >= 4 is 17.8 Å². The summed E-state index contributed by atoms with van der Waals surface area (Å²) in [5.41, 5.74) is 4.40. The lowest BCUT2D eigenvalue weighted by atomic mass is 9.50. The number of carbonyl (C=O) groups excluding carboxylic acids is 2. The number of anilines is 1. The van der Waals surface area contributed by atoms with Crippen LogP contribution in [0.1, 0.15) is 56.6 Å². The van der Waals surface area contributed by atoms with E-state index in [1.165, 1.54) is 0 Å². The van der Waals surface area contributed by atoms with Gasteiger partial charge in [0.2, 0.25) is 0 Å². The van der Waals surface area contributed by atoms with Crippen LogP contribution >= 0.6 is 0 Å². The fourth-order valence-electron chi connectivity index (χ4n) is 4.96. The lowest BCUT2D eigenvalue weighted by molar-refractivity contribution is -0.114. The van der Waals surface area contributed by atoms with Gasteiger partial charge in [-0.25, -0.2) is 10.2 Å². The predicted molar refractivity (Wildman–Crippen MR) is 119 cm³/mol. The van der Waals surface area contributed by atoms with Crippen LogP contribution < -0.4 is 16.1 Å². The van der Waals surface area contributed by atoms with Crippen molar-refractivity contribution in [2.75, 3.05) is 33.1 Å². The van der Waals surface area contributed by atoms with E-state index in [0.717, 1.165) is 50.1 Å².